The minimum absolute atomic E-state index is 0.266. The molecule has 0 amide bonds. The summed E-state index contributed by atoms with van der Waals surface area (Å²) in [7, 11) is 1.12. The minimum Gasteiger partial charge on any atom is -0.465 e. The molecule has 2 aromatic carbocycles. The molecule has 4 rings (SSSR count). The van der Waals surface area contributed by atoms with E-state index in [9.17, 15) is 13.6 Å². The molecule has 0 aromatic heterocycles. The van der Waals surface area contributed by atoms with E-state index < -0.39 is 23.2 Å². The van der Waals surface area contributed by atoms with Crippen LogP contribution < -0.4 is 0 Å². The predicted molar refractivity (Wildman–Crippen MR) is 106 cm³/mol. The smallest absolute Gasteiger partial charge is 0.343 e. The number of esters is 1. The molecule has 150 valence electrons. The molecule has 4 unspecified atom stereocenters. The zero-order chi connectivity index (χ0) is 19.8. The Balaban J connectivity index is 1.60. The average Bonchev–Trinajstić information content (AvgIpc) is 2.72. The Kier molecular flexibility index (Phi) is 5.39. The number of benzene rings is 2. The fraction of sp³-hybridized carbons (Fsp3) is 0.542. The normalized spacial score (nSPS) is 27.4. The Morgan fingerprint density at radius 2 is 1.82 bits per heavy atom. The zero-order valence-corrected chi connectivity index (χ0v) is 16.6. The molecule has 0 bridgehead atoms. The van der Waals surface area contributed by atoms with Crippen LogP contribution in [0.1, 0.15) is 73.7 Å². The van der Waals surface area contributed by atoms with E-state index in [0.29, 0.717) is 11.3 Å². The van der Waals surface area contributed by atoms with Gasteiger partial charge in [-0.3, -0.25) is 0 Å². The second-order valence-electron chi connectivity index (χ2n) is 8.64. The van der Waals surface area contributed by atoms with Crippen molar-refractivity contribution < 1.29 is 18.3 Å². The summed E-state index contributed by atoms with van der Waals surface area (Å²) in [6.45, 7) is 2.30. The lowest BCUT2D eigenvalue weighted by Gasteiger charge is -2.42. The molecule has 0 saturated heterocycles. The van der Waals surface area contributed by atoms with Crippen molar-refractivity contribution >= 4 is 16.7 Å². The van der Waals surface area contributed by atoms with E-state index in [1.165, 1.54) is 44.6 Å². The fourth-order valence-electron chi connectivity index (χ4n) is 5.55. The molecule has 2 saturated carbocycles. The van der Waals surface area contributed by atoms with E-state index in [0.717, 1.165) is 36.8 Å². The lowest BCUT2D eigenvalue weighted by atomic mass is 9.63. The van der Waals surface area contributed by atoms with Gasteiger partial charge in [0.15, 0.2) is 0 Å². The third-order valence-electron chi connectivity index (χ3n) is 7.21. The molecule has 0 radical (unpaired) electrons. The van der Waals surface area contributed by atoms with Gasteiger partial charge in [0, 0.05) is 5.39 Å². The van der Waals surface area contributed by atoms with Gasteiger partial charge in [0.1, 0.15) is 17.2 Å². The number of methoxy groups -OCH3 is 1. The maximum atomic E-state index is 14.7. The van der Waals surface area contributed by atoms with Crippen LogP contribution in [-0.2, 0) is 4.74 Å². The highest BCUT2D eigenvalue weighted by atomic mass is 19.1. The SMILES string of the molecule is CCC1CCC2CC(c3ccc4c(F)c(C(=O)OC)c(F)cc4c3)CCC2C1. The van der Waals surface area contributed by atoms with E-state index in [1.807, 2.05) is 12.1 Å². The molecule has 2 nitrogen and oxygen atoms in total. The van der Waals surface area contributed by atoms with E-state index in [2.05, 4.69) is 11.7 Å². The lowest BCUT2D eigenvalue weighted by molar-refractivity contribution is 0.0590. The largest absolute Gasteiger partial charge is 0.465 e. The van der Waals surface area contributed by atoms with Crippen LogP contribution in [0, 0.1) is 29.4 Å². The molecule has 2 aliphatic rings. The molecule has 0 N–H and O–H groups in total. The van der Waals surface area contributed by atoms with Crippen molar-refractivity contribution in [1.82, 2.24) is 0 Å². The van der Waals surface area contributed by atoms with Crippen LogP contribution in [0.3, 0.4) is 0 Å². The first-order valence-electron chi connectivity index (χ1n) is 10.5. The highest BCUT2D eigenvalue weighted by Gasteiger charge is 2.35. The summed E-state index contributed by atoms with van der Waals surface area (Å²) in [4.78, 5) is 11.7. The van der Waals surface area contributed by atoms with Crippen molar-refractivity contribution in [3.05, 3.63) is 47.0 Å². The summed E-state index contributed by atoms with van der Waals surface area (Å²) in [5.41, 5.74) is 0.545. The summed E-state index contributed by atoms with van der Waals surface area (Å²) in [5.74, 6) is 0.302. The number of fused-ring (bicyclic) bond motifs is 2. The van der Waals surface area contributed by atoms with Gasteiger partial charge in [-0.2, -0.15) is 0 Å². The van der Waals surface area contributed by atoms with Gasteiger partial charge in [0.2, 0.25) is 0 Å². The van der Waals surface area contributed by atoms with E-state index >= 15 is 0 Å². The zero-order valence-electron chi connectivity index (χ0n) is 16.6. The number of carbonyl (C=O) groups is 1. The van der Waals surface area contributed by atoms with Gasteiger partial charge in [-0.1, -0.05) is 38.0 Å². The third kappa shape index (κ3) is 3.42. The van der Waals surface area contributed by atoms with Gasteiger partial charge in [-0.05, 0) is 72.8 Å². The Labute approximate surface area is 165 Å². The second-order valence-corrected chi connectivity index (χ2v) is 8.64. The van der Waals surface area contributed by atoms with Gasteiger partial charge in [-0.15, -0.1) is 0 Å². The van der Waals surface area contributed by atoms with Gasteiger partial charge in [0.25, 0.3) is 0 Å². The summed E-state index contributed by atoms with van der Waals surface area (Å²) in [6, 6.07) is 6.80. The first-order chi connectivity index (χ1) is 13.5. The minimum atomic E-state index is -0.984. The number of halogens is 2. The van der Waals surface area contributed by atoms with Crippen LogP contribution in [-0.4, -0.2) is 13.1 Å². The Morgan fingerprint density at radius 1 is 1.07 bits per heavy atom. The average molecular weight is 386 g/mol. The van der Waals surface area contributed by atoms with Crippen molar-refractivity contribution in [3.8, 4) is 0 Å². The van der Waals surface area contributed by atoms with Crippen molar-refractivity contribution in [2.24, 2.45) is 17.8 Å². The molecule has 0 spiro atoms. The number of hydrogen-bond donors (Lipinski definition) is 0. The summed E-state index contributed by atoms with van der Waals surface area (Å²) >= 11 is 0. The topological polar surface area (TPSA) is 26.3 Å². The van der Waals surface area contributed by atoms with Crippen LogP contribution in [0.4, 0.5) is 8.78 Å². The maximum Gasteiger partial charge on any atom is 0.343 e. The molecular formula is C24H28F2O2. The highest BCUT2D eigenvalue weighted by molar-refractivity contribution is 5.96. The summed E-state index contributed by atoms with van der Waals surface area (Å²) in [5, 5.41) is 0.777. The van der Waals surface area contributed by atoms with Gasteiger partial charge >= 0.3 is 5.97 Å². The quantitative estimate of drug-likeness (QED) is 0.555. The maximum absolute atomic E-state index is 14.7. The molecule has 28 heavy (non-hydrogen) atoms. The molecule has 4 atom stereocenters. The molecule has 2 aliphatic carbocycles. The standard InChI is InChI=1S/C24H28F2O2/c1-3-14-4-5-16-11-17(7-6-15(16)10-14)18-8-9-20-19(12-18)13-21(25)22(23(20)26)24(27)28-2/h8-9,12-17H,3-7,10-11H2,1-2H3. The van der Waals surface area contributed by atoms with E-state index in [-0.39, 0.29) is 5.39 Å². The summed E-state index contributed by atoms with van der Waals surface area (Å²) < 4.78 is 33.5. The molecule has 2 aromatic rings. The van der Waals surface area contributed by atoms with E-state index in [4.69, 9.17) is 0 Å². The highest BCUT2D eigenvalue weighted by Crippen LogP contribution is 2.48. The van der Waals surface area contributed by atoms with Crippen LogP contribution in [0.5, 0.6) is 0 Å². The number of hydrogen-bond acceptors (Lipinski definition) is 2. The Morgan fingerprint density at radius 3 is 2.57 bits per heavy atom. The predicted octanol–water partition coefficient (Wildman–Crippen LogP) is 6.61. The van der Waals surface area contributed by atoms with Crippen molar-refractivity contribution in [2.75, 3.05) is 7.11 Å². The Bertz CT molecular complexity index is 892. The number of carbonyl (C=O) groups excluding carboxylic acids is 1. The molecule has 2 fully saturated rings. The number of rotatable bonds is 3. The first-order valence-corrected chi connectivity index (χ1v) is 10.5. The molecule has 0 heterocycles. The van der Waals surface area contributed by atoms with Crippen LogP contribution in [0.25, 0.3) is 10.8 Å². The second kappa shape index (κ2) is 7.81. The fourth-order valence-corrected chi connectivity index (χ4v) is 5.55. The summed E-state index contributed by atoms with van der Waals surface area (Å²) in [6.07, 6.45) is 8.91. The molecule has 4 heteroatoms. The number of ether oxygens (including phenoxy) is 1. The third-order valence-corrected chi connectivity index (χ3v) is 7.21. The van der Waals surface area contributed by atoms with Gasteiger partial charge in [0.05, 0.1) is 7.11 Å². The molecular weight excluding hydrogens is 358 g/mol. The van der Waals surface area contributed by atoms with Crippen LogP contribution in [0.15, 0.2) is 24.3 Å². The molecule has 0 aliphatic heterocycles. The van der Waals surface area contributed by atoms with E-state index in [1.54, 1.807) is 6.07 Å². The van der Waals surface area contributed by atoms with Crippen molar-refractivity contribution in [2.45, 2.75) is 57.8 Å². The first kappa shape index (κ1) is 19.4. The van der Waals surface area contributed by atoms with Crippen molar-refractivity contribution in [1.29, 1.82) is 0 Å². The van der Waals surface area contributed by atoms with Crippen molar-refractivity contribution in [3.63, 3.8) is 0 Å². The van der Waals surface area contributed by atoms with Gasteiger partial charge in [-0.25, -0.2) is 13.6 Å². The van der Waals surface area contributed by atoms with Gasteiger partial charge < -0.3 is 4.74 Å². The van der Waals surface area contributed by atoms with Crippen LogP contribution in [0.2, 0.25) is 0 Å². The lowest BCUT2D eigenvalue weighted by Crippen LogP contribution is -2.30. The Hall–Kier alpha value is -1.97. The monoisotopic (exact) mass is 386 g/mol. The van der Waals surface area contributed by atoms with Crippen LogP contribution >= 0.6 is 0 Å².